The third-order valence-electron chi connectivity index (χ3n) is 6.64. The summed E-state index contributed by atoms with van der Waals surface area (Å²) in [6, 6.07) is 4.53. The van der Waals surface area contributed by atoms with Crippen LogP contribution in [0.3, 0.4) is 0 Å². The van der Waals surface area contributed by atoms with Gasteiger partial charge in [-0.25, -0.2) is 27.2 Å². The normalized spacial score (nSPS) is 10.8. The average molecular weight is 749 g/mol. The summed E-state index contributed by atoms with van der Waals surface area (Å²) in [4.78, 5) is 46.4. The van der Waals surface area contributed by atoms with Crippen molar-refractivity contribution in [2.24, 2.45) is 0 Å². The molecule has 50 heavy (non-hydrogen) atoms. The Labute approximate surface area is 284 Å². The van der Waals surface area contributed by atoms with E-state index in [2.05, 4.69) is 0 Å². The van der Waals surface area contributed by atoms with Crippen LogP contribution in [0.2, 0.25) is 10.0 Å². The van der Waals surface area contributed by atoms with Crippen LogP contribution in [0.5, 0.6) is 23.0 Å². The standard InChI is InChI=1S/C30H16Cl2F6N2O10/c1-11-21(33)19(31)27(25(37)23(11)35)49-13-3-5-17(39(43)44)15(9-13)29(41)47-7-8-48-30(42)16-10-14(4-6-18(16)40(45)46)50-28-20(32)22(34)12(2)24(36)26(28)38/h3-6,9-10H,7-8H2,1-2H3. The first kappa shape index (κ1) is 37.2. The fourth-order valence-electron chi connectivity index (χ4n) is 4.08. The summed E-state index contributed by atoms with van der Waals surface area (Å²) in [5, 5.41) is 21.1. The molecule has 0 saturated heterocycles. The van der Waals surface area contributed by atoms with Crippen molar-refractivity contribution in [1.82, 2.24) is 0 Å². The number of ether oxygens (including phenoxy) is 4. The summed E-state index contributed by atoms with van der Waals surface area (Å²) in [6.07, 6.45) is 0. The van der Waals surface area contributed by atoms with Gasteiger partial charge < -0.3 is 18.9 Å². The zero-order chi connectivity index (χ0) is 37.2. The Morgan fingerprint density at radius 3 is 1.28 bits per heavy atom. The molecule has 0 aliphatic rings. The molecule has 0 fully saturated rings. The second-order valence-corrected chi connectivity index (χ2v) is 10.5. The van der Waals surface area contributed by atoms with Crippen molar-refractivity contribution in [2.45, 2.75) is 13.8 Å². The van der Waals surface area contributed by atoms with Gasteiger partial charge in [0.1, 0.15) is 45.9 Å². The monoisotopic (exact) mass is 748 g/mol. The van der Waals surface area contributed by atoms with Crippen molar-refractivity contribution >= 4 is 46.5 Å². The maximum Gasteiger partial charge on any atom is 0.345 e. The molecule has 4 rings (SSSR count). The van der Waals surface area contributed by atoms with Gasteiger partial charge in [-0.2, -0.15) is 8.78 Å². The first-order valence-electron chi connectivity index (χ1n) is 13.4. The molecule has 0 aliphatic heterocycles. The summed E-state index contributed by atoms with van der Waals surface area (Å²) in [5.41, 5.74) is -4.83. The van der Waals surface area contributed by atoms with Crippen LogP contribution in [-0.2, 0) is 9.47 Å². The number of hydrogen-bond acceptors (Lipinski definition) is 10. The molecule has 4 aromatic carbocycles. The Morgan fingerprint density at radius 1 is 0.620 bits per heavy atom. The number of halogens is 8. The second kappa shape index (κ2) is 14.9. The van der Waals surface area contributed by atoms with Gasteiger partial charge in [-0.15, -0.1) is 0 Å². The Balaban J connectivity index is 1.49. The van der Waals surface area contributed by atoms with Crippen molar-refractivity contribution < 1.29 is 64.7 Å². The number of nitrogens with zero attached hydrogens (tertiary/aromatic N) is 2. The van der Waals surface area contributed by atoms with Gasteiger partial charge in [0.25, 0.3) is 11.4 Å². The molecular formula is C30H16Cl2F6N2O10. The van der Waals surface area contributed by atoms with Gasteiger partial charge in [0.2, 0.25) is 11.6 Å². The van der Waals surface area contributed by atoms with E-state index < -0.39 is 137 Å². The number of nitro benzene ring substituents is 2. The number of carbonyl (C=O) groups excluding carboxylic acids is 2. The molecule has 0 radical (unpaired) electrons. The molecule has 20 heteroatoms. The number of benzene rings is 4. The highest BCUT2D eigenvalue weighted by Gasteiger charge is 2.29. The Bertz CT molecular complexity index is 1900. The zero-order valence-corrected chi connectivity index (χ0v) is 26.4. The molecule has 0 unspecified atom stereocenters. The molecule has 0 saturated carbocycles. The van der Waals surface area contributed by atoms with Crippen molar-refractivity contribution in [2.75, 3.05) is 13.2 Å². The molecule has 0 atom stereocenters. The SMILES string of the molecule is Cc1c(F)c(F)c(Oc2ccc([N+](=O)[O-])c(C(=O)OCCOC(=O)c3cc(Oc4c(F)c(F)c(C)c(F)c4Cl)ccc3[N+](=O)[O-])c2)c(Cl)c1F. The van der Waals surface area contributed by atoms with Gasteiger partial charge in [0, 0.05) is 35.4 Å². The van der Waals surface area contributed by atoms with Gasteiger partial charge in [0.15, 0.2) is 34.8 Å². The van der Waals surface area contributed by atoms with Gasteiger partial charge in [-0.3, -0.25) is 20.2 Å². The van der Waals surface area contributed by atoms with E-state index >= 15 is 0 Å². The van der Waals surface area contributed by atoms with Gasteiger partial charge in [-0.05, 0) is 26.0 Å². The first-order valence-corrected chi connectivity index (χ1v) is 14.1. The third kappa shape index (κ3) is 7.35. The summed E-state index contributed by atoms with van der Waals surface area (Å²) >= 11 is 11.5. The maximum atomic E-state index is 14.4. The van der Waals surface area contributed by atoms with Crippen LogP contribution in [0.15, 0.2) is 36.4 Å². The molecule has 0 aliphatic carbocycles. The number of esters is 2. The van der Waals surface area contributed by atoms with Crippen molar-refractivity contribution in [1.29, 1.82) is 0 Å². The minimum atomic E-state index is -1.69. The number of rotatable bonds is 11. The maximum absolute atomic E-state index is 14.4. The Hall–Kier alpha value is -5.62. The number of carbonyl (C=O) groups is 2. The van der Waals surface area contributed by atoms with Crippen LogP contribution in [0.1, 0.15) is 31.8 Å². The van der Waals surface area contributed by atoms with E-state index in [4.69, 9.17) is 42.1 Å². The molecule has 0 aromatic heterocycles. The highest BCUT2D eigenvalue weighted by atomic mass is 35.5. The Kier molecular flexibility index (Phi) is 11.1. The van der Waals surface area contributed by atoms with E-state index in [0.29, 0.717) is 12.1 Å². The van der Waals surface area contributed by atoms with E-state index in [-0.39, 0.29) is 0 Å². The molecule has 4 aromatic rings. The van der Waals surface area contributed by atoms with E-state index in [1.54, 1.807) is 0 Å². The van der Waals surface area contributed by atoms with Crippen LogP contribution in [0.4, 0.5) is 37.7 Å². The molecule has 0 heterocycles. The average Bonchev–Trinajstić information content (AvgIpc) is 3.09. The fraction of sp³-hybridized carbons (Fsp3) is 0.133. The highest BCUT2D eigenvalue weighted by Crippen LogP contribution is 2.40. The van der Waals surface area contributed by atoms with E-state index in [9.17, 15) is 56.2 Å². The zero-order valence-electron chi connectivity index (χ0n) is 24.9. The first-order chi connectivity index (χ1) is 23.5. The highest BCUT2D eigenvalue weighted by molar-refractivity contribution is 6.32. The van der Waals surface area contributed by atoms with Crippen LogP contribution in [0.25, 0.3) is 0 Å². The number of nitro groups is 2. The predicted molar refractivity (Wildman–Crippen MR) is 159 cm³/mol. The molecule has 0 N–H and O–H groups in total. The smallest absolute Gasteiger partial charge is 0.345 e. The van der Waals surface area contributed by atoms with Crippen molar-refractivity contribution in [3.05, 3.63) is 124 Å². The predicted octanol–water partition coefficient (Wildman–Crippen LogP) is 8.86. The molecule has 0 amide bonds. The van der Waals surface area contributed by atoms with Gasteiger partial charge in [0.05, 0.1) is 9.85 Å². The lowest BCUT2D eigenvalue weighted by Gasteiger charge is -2.13. The van der Waals surface area contributed by atoms with Gasteiger partial charge in [-0.1, -0.05) is 23.2 Å². The summed E-state index contributed by atoms with van der Waals surface area (Å²) in [6.45, 7) is 0.194. The van der Waals surface area contributed by atoms with E-state index in [0.717, 1.165) is 38.1 Å². The molecule has 0 bridgehead atoms. The van der Waals surface area contributed by atoms with Crippen LogP contribution >= 0.6 is 23.2 Å². The largest absolute Gasteiger partial charge is 0.458 e. The lowest BCUT2D eigenvalue weighted by atomic mass is 10.1. The lowest BCUT2D eigenvalue weighted by Crippen LogP contribution is -2.16. The van der Waals surface area contributed by atoms with Gasteiger partial charge >= 0.3 is 11.9 Å². The topological polar surface area (TPSA) is 157 Å². The fourth-order valence-corrected chi connectivity index (χ4v) is 4.61. The van der Waals surface area contributed by atoms with Crippen molar-refractivity contribution in [3.63, 3.8) is 0 Å². The van der Waals surface area contributed by atoms with Crippen molar-refractivity contribution in [3.8, 4) is 23.0 Å². The molecule has 12 nitrogen and oxygen atoms in total. The summed E-state index contributed by atoms with van der Waals surface area (Å²) in [7, 11) is 0. The Morgan fingerprint density at radius 2 is 0.960 bits per heavy atom. The molecule has 262 valence electrons. The quantitative estimate of drug-likeness (QED) is 0.0362. The summed E-state index contributed by atoms with van der Waals surface area (Å²) in [5.74, 6) is -15.5. The van der Waals surface area contributed by atoms with Crippen LogP contribution < -0.4 is 9.47 Å². The second-order valence-electron chi connectivity index (χ2n) is 9.77. The molecule has 0 spiro atoms. The number of hydrogen-bond donors (Lipinski definition) is 0. The lowest BCUT2D eigenvalue weighted by molar-refractivity contribution is -0.385. The third-order valence-corrected chi connectivity index (χ3v) is 7.32. The van der Waals surface area contributed by atoms with E-state index in [1.807, 2.05) is 0 Å². The molecular weight excluding hydrogens is 733 g/mol. The van der Waals surface area contributed by atoms with Crippen LogP contribution in [0, 0.1) is 69.0 Å². The minimum Gasteiger partial charge on any atom is -0.458 e. The van der Waals surface area contributed by atoms with E-state index in [1.165, 1.54) is 0 Å². The minimum absolute atomic E-state index is 0.538. The summed E-state index contributed by atoms with van der Waals surface area (Å²) < 4.78 is 105. The van der Waals surface area contributed by atoms with Crippen LogP contribution in [-0.4, -0.2) is 35.0 Å².